The summed E-state index contributed by atoms with van der Waals surface area (Å²) in [5.74, 6) is 0.842. The Morgan fingerprint density at radius 3 is 2.93 bits per heavy atom. The Balaban J connectivity index is 2.84. The average Bonchev–Trinajstić information content (AvgIpc) is 2.30. The smallest absolute Gasteiger partial charge is 0.165 e. The van der Waals surface area contributed by atoms with E-state index < -0.39 is 0 Å². The van der Waals surface area contributed by atoms with Crippen molar-refractivity contribution in [3.05, 3.63) is 24.4 Å². The number of nitrogens with one attached hydrogen (secondary N) is 1. The van der Waals surface area contributed by atoms with E-state index in [1.54, 1.807) is 26.4 Å². The fraction of sp³-hybridized carbons (Fsp3) is 0.182. The van der Waals surface area contributed by atoms with Crippen LogP contribution in [0.1, 0.15) is 0 Å². The third kappa shape index (κ3) is 1.44. The van der Waals surface area contributed by atoms with Gasteiger partial charge in [-0.1, -0.05) is 0 Å². The van der Waals surface area contributed by atoms with Crippen LogP contribution >= 0.6 is 0 Å². The Hall–Kier alpha value is -1.97. The van der Waals surface area contributed by atoms with Gasteiger partial charge in [-0.15, -0.1) is 0 Å². The third-order valence-corrected chi connectivity index (χ3v) is 2.32. The highest BCUT2D eigenvalue weighted by Gasteiger charge is 2.11. The first-order chi connectivity index (χ1) is 7.27. The van der Waals surface area contributed by atoms with Gasteiger partial charge in [-0.25, -0.2) is 0 Å². The van der Waals surface area contributed by atoms with E-state index in [2.05, 4.69) is 10.3 Å². The summed E-state index contributed by atoms with van der Waals surface area (Å²) in [5.41, 5.74) is 1.15. The van der Waals surface area contributed by atoms with Crippen LogP contribution < -0.4 is 10.1 Å². The van der Waals surface area contributed by atoms with Crippen LogP contribution in [0.3, 0.4) is 0 Å². The van der Waals surface area contributed by atoms with Gasteiger partial charge in [-0.05, 0) is 12.1 Å². The summed E-state index contributed by atoms with van der Waals surface area (Å²) in [5, 5.41) is 13.6. The van der Waals surface area contributed by atoms with Gasteiger partial charge in [0.25, 0.3) is 0 Å². The molecule has 4 heteroatoms. The van der Waals surface area contributed by atoms with Crippen LogP contribution in [0, 0.1) is 0 Å². The molecule has 15 heavy (non-hydrogen) atoms. The van der Waals surface area contributed by atoms with Crippen molar-refractivity contribution >= 4 is 16.6 Å². The van der Waals surface area contributed by atoms with Gasteiger partial charge in [0.1, 0.15) is 11.3 Å². The number of rotatable bonds is 2. The molecule has 0 aliphatic rings. The molecule has 1 heterocycles. The molecule has 2 N–H and O–H groups in total. The van der Waals surface area contributed by atoms with Crippen LogP contribution in [-0.2, 0) is 0 Å². The molecule has 78 valence electrons. The van der Waals surface area contributed by atoms with Crippen LogP contribution in [0.25, 0.3) is 10.9 Å². The van der Waals surface area contributed by atoms with E-state index >= 15 is 0 Å². The quantitative estimate of drug-likeness (QED) is 0.734. The number of anilines is 1. The van der Waals surface area contributed by atoms with Crippen molar-refractivity contribution in [1.82, 2.24) is 4.98 Å². The molecule has 2 rings (SSSR count). The molecule has 4 nitrogen and oxygen atoms in total. The third-order valence-electron chi connectivity index (χ3n) is 2.32. The Morgan fingerprint density at radius 2 is 2.27 bits per heavy atom. The van der Waals surface area contributed by atoms with E-state index in [4.69, 9.17) is 4.74 Å². The van der Waals surface area contributed by atoms with Crippen molar-refractivity contribution in [3.8, 4) is 11.5 Å². The molecule has 0 atom stereocenters. The Morgan fingerprint density at radius 1 is 1.47 bits per heavy atom. The maximum absolute atomic E-state index is 9.89. The fourth-order valence-corrected chi connectivity index (χ4v) is 1.56. The first kappa shape index (κ1) is 9.58. The molecule has 2 aromatic rings. The normalized spacial score (nSPS) is 10.3. The lowest BCUT2D eigenvalue weighted by molar-refractivity contribution is 0.418. The van der Waals surface area contributed by atoms with Crippen LogP contribution in [0.2, 0.25) is 0 Å². The standard InChI is InChI=1S/C11H12N2O2/c1-12-8-6-9(15-2)7-4-3-5-13-10(7)11(8)14/h3-6,12,14H,1-2H3. The second-order valence-corrected chi connectivity index (χ2v) is 3.12. The monoisotopic (exact) mass is 204 g/mol. The molecule has 0 amide bonds. The molecule has 0 saturated carbocycles. The van der Waals surface area contributed by atoms with Gasteiger partial charge in [0.15, 0.2) is 5.75 Å². The van der Waals surface area contributed by atoms with Gasteiger partial charge in [0.05, 0.1) is 12.8 Å². The van der Waals surface area contributed by atoms with Crippen LogP contribution in [0.5, 0.6) is 11.5 Å². The summed E-state index contributed by atoms with van der Waals surface area (Å²) < 4.78 is 5.23. The number of hydrogen-bond donors (Lipinski definition) is 2. The number of phenolic OH excluding ortho intramolecular Hbond substituents is 1. The number of benzene rings is 1. The number of ether oxygens (including phenoxy) is 1. The number of nitrogens with zero attached hydrogens (tertiary/aromatic N) is 1. The van der Waals surface area contributed by atoms with Gasteiger partial charge in [-0.3, -0.25) is 4.98 Å². The largest absolute Gasteiger partial charge is 0.504 e. The first-order valence-corrected chi connectivity index (χ1v) is 4.60. The number of hydrogen-bond acceptors (Lipinski definition) is 4. The van der Waals surface area contributed by atoms with E-state index in [9.17, 15) is 5.11 Å². The minimum Gasteiger partial charge on any atom is -0.504 e. The molecule has 0 saturated heterocycles. The first-order valence-electron chi connectivity index (χ1n) is 4.60. The fourth-order valence-electron chi connectivity index (χ4n) is 1.56. The van der Waals surface area contributed by atoms with Crippen LogP contribution in [0.15, 0.2) is 24.4 Å². The predicted octanol–water partition coefficient (Wildman–Crippen LogP) is 1.99. The van der Waals surface area contributed by atoms with Crippen molar-refractivity contribution in [1.29, 1.82) is 0 Å². The van der Waals surface area contributed by atoms with Gasteiger partial charge < -0.3 is 15.2 Å². The zero-order valence-corrected chi connectivity index (χ0v) is 8.61. The molecule has 0 aliphatic heterocycles. The highest BCUT2D eigenvalue weighted by atomic mass is 16.5. The summed E-state index contributed by atoms with van der Waals surface area (Å²) in [6.07, 6.45) is 1.64. The lowest BCUT2D eigenvalue weighted by Crippen LogP contribution is -1.93. The molecule has 0 bridgehead atoms. The maximum atomic E-state index is 9.89. The summed E-state index contributed by atoms with van der Waals surface area (Å²) >= 11 is 0. The number of phenols is 1. The van der Waals surface area contributed by atoms with E-state index in [0.29, 0.717) is 17.0 Å². The molecule has 0 aliphatic carbocycles. The van der Waals surface area contributed by atoms with Gasteiger partial charge in [-0.2, -0.15) is 0 Å². The zero-order chi connectivity index (χ0) is 10.8. The zero-order valence-electron chi connectivity index (χ0n) is 8.61. The minimum absolute atomic E-state index is 0.147. The summed E-state index contributed by atoms with van der Waals surface area (Å²) in [7, 11) is 3.33. The van der Waals surface area contributed by atoms with Gasteiger partial charge in [0.2, 0.25) is 0 Å². The molecular weight excluding hydrogens is 192 g/mol. The molecular formula is C11H12N2O2. The summed E-state index contributed by atoms with van der Waals surface area (Å²) in [6, 6.07) is 5.42. The Bertz CT molecular complexity index is 497. The van der Waals surface area contributed by atoms with Crippen LogP contribution in [0.4, 0.5) is 5.69 Å². The van der Waals surface area contributed by atoms with E-state index in [0.717, 1.165) is 5.39 Å². The summed E-state index contributed by atoms with van der Waals surface area (Å²) in [6.45, 7) is 0. The predicted molar refractivity (Wildman–Crippen MR) is 59.5 cm³/mol. The molecule has 0 unspecified atom stereocenters. The highest BCUT2D eigenvalue weighted by molar-refractivity contribution is 5.94. The van der Waals surface area contributed by atoms with Crippen molar-refractivity contribution in [2.24, 2.45) is 0 Å². The van der Waals surface area contributed by atoms with Crippen molar-refractivity contribution < 1.29 is 9.84 Å². The van der Waals surface area contributed by atoms with E-state index in [1.807, 2.05) is 12.1 Å². The molecule has 0 fully saturated rings. The Labute approximate surface area is 87.5 Å². The SMILES string of the molecule is CNc1cc(OC)c2cccnc2c1O. The molecule has 0 radical (unpaired) electrons. The Kier molecular flexibility index (Phi) is 2.33. The number of methoxy groups -OCH3 is 1. The second-order valence-electron chi connectivity index (χ2n) is 3.12. The topological polar surface area (TPSA) is 54.4 Å². The van der Waals surface area contributed by atoms with Crippen molar-refractivity contribution in [3.63, 3.8) is 0 Å². The highest BCUT2D eigenvalue weighted by Crippen LogP contribution is 2.37. The minimum atomic E-state index is 0.147. The van der Waals surface area contributed by atoms with Crippen molar-refractivity contribution in [2.75, 3.05) is 19.5 Å². The average molecular weight is 204 g/mol. The number of fused-ring (bicyclic) bond motifs is 1. The van der Waals surface area contributed by atoms with E-state index in [-0.39, 0.29) is 5.75 Å². The maximum Gasteiger partial charge on any atom is 0.165 e. The van der Waals surface area contributed by atoms with Gasteiger partial charge in [0, 0.05) is 24.7 Å². The molecule has 1 aromatic carbocycles. The molecule has 1 aromatic heterocycles. The lowest BCUT2D eigenvalue weighted by atomic mass is 10.1. The van der Waals surface area contributed by atoms with Crippen LogP contribution in [-0.4, -0.2) is 24.2 Å². The molecule has 0 spiro atoms. The summed E-state index contributed by atoms with van der Waals surface area (Å²) in [4.78, 5) is 4.13. The number of pyridine rings is 1. The number of aromatic nitrogens is 1. The van der Waals surface area contributed by atoms with Crippen molar-refractivity contribution in [2.45, 2.75) is 0 Å². The van der Waals surface area contributed by atoms with E-state index in [1.165, 1.54) is 0 Å². The van der Waals surface area contributed by atoms with Gasteiger partial charge >= 0.3 is 0 Å². The second kappa shape index (κ2) is 3.65. The number of aromatic hydroxyl groups is 1. The lowest BCUT2D eigenvalue weighted by Gasteiger charge is -2.10.